The number of hydrogen-bond acceptors (Lipinski definition) is 1. The van der Waals surface area contributed by atoms with Gasteiger partial charge in [0.15, 0.2) is 0 Å². The molecule has 0 radical (unpaired) electrons. The molecule has 1 rings (SSSR count). The maximum absolute atomic E-state index is 12.1. The molecule has 0 saturated carbocycles. The van der Waals surface area contributed by atoms with Crippen LogP contribution in [0.25, 0.3) is 0 Å². The minimum atomic E-state index is -0.235. The van der Waals surface area contributed by atoms with Gasteiger partial charge in [0.1, 0.15) is 6.67 Å². The zero-order chi connectivity index (χ0) is 7.40. The first-order chi connectivity index (χ1) is 4.83. The second kappa shape index (κ2) is 3.71. The molecule has 1 nitrogen and oxygen atoms in total. The van der Waals surface area contributed by atoms with Crippen LogP contribution in [0, 0.1) is 0 Å². The van der Waals surface area contributed by atoms with Crippen LogP contribution in [0.2, 0.25) is 0 Å². The highest BCUT2D eigenvalue weighted by Gasteiger charge is 2.09. The molecule has 0 aromatic rings. The van der Waals surface area contributed by atoms with Crippen LogP contribution >= 0.6 is 0 Å². The zero-order valence-corrected chi connectivity index (χ0v) is 6.36. The van der Waals surface area contributed by atoms with Gasteiger partial charge < -0.3 is 5.32 Å². The lowest BCUT2D eigenvalue weighted by Gasteiger charge is -2.09. The molecular formula is C8H14FN. The number of allylic oxidation sites excluding steroid dienone is 1. The van der Waals surface area contributed by atoms with Crippen LogP contribution in [-0.4, -0.2) is 19.3 Å². The van der Waals surface area contributed by atoms with Crippen molar-refractivity contribution in [2.45, 2.75) is 25.8 Å². The predicted molar refractivity (Wildman–Crippen MR) is 40.8 cm³/mol. The summed E-state index contributed by atoms with van der Waals surface area (Å²) in [6.07, 6.45) is 4.12. The van der Waals surface area contributed by atoms with E-state index in [9.17, 15) is 4.39 Å². The Morgan fingerprint density at radius 3 is 3.30 bits per heavy atom. The van der Waals surface area contributed by atoms with E-state index in [1.807, 2.05) is 0 Å². The van der Waals surface area contributed by atoms with Crippen LogP contribution < -0.4 is 5.32 Å². The largest absolute Gasteiger partial charge is 0.308 e. The normalized spacial score (nSPS) is 27.4. The molecule has 0 aromatic carbocycles. The summed E-state index contributed by atoms with van der Waals surface area (Å²) in [5.74, 6) is 0. The fourth-order valence-corrected chi connectivity index (χ4v) is 1.14. The van der Waals surface area contributed by atoms with E-state index in [1.54, 1.807) is 0 Å². The molecule has 1 aliphatic heterocycles. The topological polar surface area (TPSA) is 12.0 Å². The SMILES string of the molecule is CC1=CCNC(CF)CC1. The molecule has 1 aliphatic rings. The zero-order valence-electron chi connectivity index (χ0n) is 6.36. The second-order valence-electron chi connectivity index (χ2n) is 2.85. The van der Waals surface area contributed by atoms with Crippen molar-refractivity contribution < 1.29 is 4.39 Å². The third kappa shape index (κ3) is 2.10. The van der Waals surface area contributed by atoms with Gasteiger partial charge in [-0.3, -0.25) is 0 Å². The Morgan fingerprint density at radius 1 is 1.80 bits per heavy atom. The van der Waals surface area contributed by atoms with Gasteiger partial charge in [-0.1, -0.05) is 11.6 Å². The predicted octanol–water partition coefficient (Wildman–Crippen LogP) is 1.65. The van der Waals surface area contributed by atoms with Crippen LogP contribution in [0.15, 0.2) is 11.6 Å². The Morgan fingerprint density at radius 2 is 2.60 bits per heavy atom. The molecule has 1 unspecified atom stereocenters. The Balaban J connectivity index is 2.36. The molecule has 58 valence electrons. The molecule has 0 aliphatic carbocycles. The highest BCUT2D eigenvalue weighted by Crippen LogP contribution is 2.09. The first-order valence-electron chi connectivity index (χ1n) is 3.78. The molecule has 10 heavy (non-hydrogen) atoms. The summed E-state index contributed by atoms with van der Waals surface area (Å²) in [6.45, 7) is 2.70. The van der Waals surface area contributed by atoms with Crippen molar-refractivity contribution in [3.05, 3.63) is 11.6 Å². The van der Waals surface area contributed by atoms with E-state index in [0.29, 0.717) is 0 Å². The van der Waals surface area contributed by atoms with Gasteiger partial charge in [0.05, 0.1) is 0 Å². The standard InChI is InChI=1S/C8H14FN/c1-7-2-3-8(6-9)10-5-4-7/h4,8,10H,2-3,5-6H2,1H3. The second-order valence-corrected chi connectivity index (χ2v) is 2.85. The molecule has 0 aromatic heterocycles. The minimum absolute atomic E-state index is 0.0914. The number of alkyl halides is 1. The van der Waals surface area contributed by atoms with E-state index in [2.05, 4.69) is 18.3 Å². The molecular weight excluding hydrogens is 129 g/mol. The molecule has 1 N–H and O–H groups in total. The van der Waals surface area contributed by atoms with Crippen molar-refractivity contribution >= 4 is 0 Å². The lowest BCUT2D eigenvalue weighted by atomic mass is 10.1. The minimum Gasteiger partial charge on any atom is -0.308 e. The number of nitrogens with one attached hydrogen (secondary N) is 1. The first-order valence-corrected chi connectivity index (χ1v) is 3.78. The Hall–Kier alpha value is -0.370. The summed E-state index contributed by atoms with van der Waals surface area (Å²) in [7, 11) is 0. The Bertz CT molecular complexity index is 131. The molecule has 1 atom stereocenters. The van der Waals surface area contributed by atoms with Crippen molar-refractivity contribution in [2.75, 3.05) is 13.2 Å². The molecule has 1 heterocycles. The lowest BCUT2D eigenvalue weighted by Crippen LogP contribution is -2.29. The molecule has 0 saturated heterocycles. The average molecular weight is 143 g/mol. The molecule has 0 spiro atoms. The van der Waals surface area contributed by atoms with Crippen LogP contribution in [0.5, 0.6) is 0 Å². The molecule has 0 amide bonds. The van der Waals surface area contributed by atoms with Crippen LogP contribution in [0.3, 0.4) is 0 Å². The van der Waals surface area contributed by atoms with Crippen molar-refractivity contribution in [3.8, 4) is 0 Å². The van der Waals surface area contributed by atoms with Crippen molar-refractivity contribution in [1.82, 2.24) is 5.32 Å². The summed E-state index contributed by atoms with van der Waals surface area (Å²) in [6, 6.07) is 0.0914. The van der Waals surface area contributed by atoms with Crippen molar-refractivity contribution in [3.63, 3.8) is 0 Å². The van der Waals surface area contributed by atoms with E-state index in [4.69, 9.17) is 0 Å². The van der Waals surface area contributed by atoms with Crippen LogP contribution in [0.4, 0.5) is 4.39 Å². The summed E-state index contributed by atoms with van der Waals surface area (Å²) >= 11 is 0. The van der Waals surface area contributed by atoms with Gasteiger partial charge in [-0.25, -0.2) is 4.39 Å². The summed E-state index contributed by atoms with van der Waals surface area (Å²) < 4.78 is 12.1. The van der Waals surface area contributed by atoms with Gasteiger partial charge in [-0.2, -0.15) is 0 Å². The highest BCUT2D eigenvalue weighted by atomic mass is 19.1. The van der Waals surface area contributed by atoms with E-state index in [0.717, 1.165) is 19.4 Å². The van der Waals surface area contributed by atoms with Crippen LogP contribution in [0.1, 0.15) is 19.8 Å². The van der Waals surface area contributed by atoms with Crippen LogP contribution in [-0.2, 0) is 0 Å². The van der Waals surface area contributed by atoms with Gasteiger partial charge in [0, 0.05) is 12.6 Å². The third-order valence-electron chi connectivity index (χ3n) is 1.93. The van der Waals surface area contributed by atoms with E-state index >= 15 is 0 Å². The number of rotatable bonds is 1. The number of halogens is 1. The van der Waals surface area contributed by atoms with E-state index in [-0.39, 0.29) is 12.7 Å². The average Bonchev–Trinajstić information content (AvgIpc) is 2.14. The maximum atomic E-state index is 12.1. The fraction of sp³-hybridized carbons (Fsp3) is 0.750. The Kier molecular flexibility index (Phi) is 2.87. The maximum Gasteiger partial charge on any atom is 0.105 e. The first kappa shape index (κ1) is 7.73. The molecule has 0 bridgehead atoms. The van der Waals surface area contributed by atoms with Gasteiger partial charge >= 0.3 is 0 Å². The fourth-order valence-electron chi connectivity index (χ4n) is 1.14. The van der Waals surface area contributed by atoms with E-state index < -0.39 is 0 Å². The van der Waals surface area contributed by atoms with E-state index in [1.165, 1.54) is 5.57 Å². The van der Waals surface area contributed by atoms with Crippen molar-refractivity contribution in [2.24, 2.45) is 0 Å². The highest BCUT2D eigenvalue weighted by molar-refractivity contribution is 5.02. The quantitative estimate of drug-likeness (QED) is 0.550. The van der Waals surface area contributed by atoms with Gasteiger partial charge in [-0.15, -0.1) is 0 Å². The third-order valence-corrected chi connectivity index (χ3v) is 1.93. The van der Waals surface area contributed by atoms with Gasteiger partial charge in [0.2, 0.25) is 0 Å². The summed E-state index contributed by atoms with van der Waals surface area (Å²) in [4.78, 5) is 0. The monoisotopic (exact) mass is 143 g/mol. The Labute approximate surface area is 61.3 Å². The summed E-state index contributed by atoms with van der Waals surface area (Å²) in [5.41, 5.74) is 1.38. The summed E-state index contributed by atoms with van der Waals surface area (Å²) in [5, 5.41) is 3.11. The van der Waals surface area contributed by atoms with Crippen molar-refractivity contribution in [1.29, 1.82) is 0 Å². The molecule has 0 fully saturated rings. The number of hydrogen-bond donors (Lipinski definition) is 1. The smallest absolute Gasteiger partial charge is 0.105 e. The lowest BCUT2D eigenvalue weighted by molar-refractivity contribution is 0.372. The van der Waals surface area contributed by atoms with Gasteiger partial charge in [-0.05, 0) is 19.8 Å². The van der Waals surface area contributed by atoms with Gasteiger partial charge in [0.25, 0.3) is 0 Å². The molecule has 2 heteroatoms.